The van der Waals surface area contributed by atoms with Gasteiger partial charge in [-0.15, -0.1) is 0 Å². The number of hydrogen-bond donors (Lipinski definition) is 2. The number of fused-ring (bicyclic) bond motifs is 1. The van der Waals surface area contributed by atoms with Crippen LogP contribution in [0.2, 0.25) is 0 Å². The van der Waals surface area contributed by atoms with Gasteiger partial charge in [0.1, 0.15) is 16.3 Å². The fraction of sp³-hybridized carbons (Fsp3) is 0.250. The van der Waals surface area contributed by atoms with Crippen molar-refractivity contribution in [1.29, 1.82) is 0 Å². The number of nitrogens with one attached hydrogen (secondary N) is 1. The molecule has 2 aromatic rings. The van der Waals surface area contributed by atoms with Crippen molar-refractivity contribution in [3.05, 3.63) is 53.9 Å². The molecule has 0 saturated heterocycles. The first kappa shape index (κ1) is 16.4. The largest absolute Gasteiger partial charge is 0.493 e. The van der Waals surface area contributed by atoms with E-state index in [1.165, 1.54) is 12.1 Å². The Morgan fingerprint density at radius 2 is 2.04 bits per heavy atom. The highest BCUT2D eigenvalue weighted by atomic mass is 32.2. The minimum Gasteiger partial charge on any atom is -0.493 e. The summed E-state index contributed by atoms with van der Waals surface area (Å²) in [4.78, 5) is 16.2. The van der Waals surface area contributed by atoms with Gasteiger partial charge in [-0.05, 0) is 31.0 Å². The number of amides is 1. The van der Waals surface area contributed by atoms with Gasteiger partial charge in [0.25, 0.3) is 5.91 Å². The summed E-state index contributed by atoms with van der Waals surface area (Å²) in [6, 6.07) is 10.00. The molecule has 1 aromatic heterocycles. The lowest BCUT2D eigenvalue weighted by Crippen LogP contribution is -2.29. The molecule has 1 atom stereocenters. The Kier molecular flexibility index (Phi) is 4.50. The number of benzene rings is 1. The standard InChI is InChI=1S/C16H17N3O4S/c17-24(21,22)11-7-8-14(18-10-11)16(20)19-13-5-3-9-23-15-6-2-1-4-12(13)15/h1-2,4,6-8,10,13H,3,5,9H2,(H,19,20)(H2,17,21,22). The van der Waals surface area contributed by atoms with Gasteiger partial charge in [-0.2, -0.15) is 0 Å². The maximum absolute atomic E-state index is 12.4. The third-order valence-corrected chi connectivity index (χ3v) is 4.69. The molecule has 1 aliphatic rings. The average molecular weight is 347 g/mol. The topological polar surface area (TPSA) is 111 Å². The molecule has 0 radical (unpaired) electrons. The van der Waals surface area contributed by atoms with Gasteiger partial charge in [-0.3, -0.25) is 4.79 Å². The number of carbonyl (C=O) groups excluding carboxylic acids is 1. The first-order chi connectivity index (χ1) is 11.4. The molecule has 1 aliphatic heterocycles. The van der Waals surface area contributed by atoms with Gasteiger partial charge >= 0.3 is 0 Å². The minimum atomic E-state index is -3.83. The molecule has 126 valence electrons. The molecule has 8 heteroatoms. The second-order valence-electron chi connectivity index (χ2n) is 5.48. The summed E-state index contributed by atoms with van der Waals surface area (Å²) in [6.45, 7) is 0.602. The number of carbonyl (C=O) groups is 1. The molecule has 3 rings (SSSR count). The van der Waals surface area contributed by atoms with Crippen LogP contribution in [0.4, 0.5) is 0 Å². The van der Waals surface area contributed by atoms with Crippen LogP contribution >= 0.6 is 0 Å². The van der Waals surface area contributed by atoms with E-state index in [1.54, 1.807) is 0 Å². The third kappa shape index (κ3) is 3.55. The van der Waals surface area contributed by atoms with Gasteiger partial charge in [-0.1, -0.05) is 18.2 Å². The zero-order valence-corrected chi connectivity index (χ0v) is 13.6. The Morgan fingerprint density at radius 1 is 1.25 bits per heavy atom. The van der Waals surface area contributed by atoms with E-state index in [9.17, 15) is 13.2 Å². The molecule has 24 heavy (non-hydrogen) atoms. The van der Waals surface area contributed by atoms with Crippen LogP contribution in [0.3, 0.4) is 0 Å². The van der Waals surface area contributed by atoms with E-state index in [0.717, 1.165) is 30.4 Å². The Balaban J connectivity index is 1.80. The fourth-order valence-corrected chi connectivity index (χ4v) is 3.05. The second kappa shape index (κ2) is 6.58. The number of rotatable bonds is 3. The lowest BCUT2D eigenvalue weighted by Gasteiger charge is -2.18. The van der Waals surface area contributed by atoms with Crippen LogP contribution < -0.4 is 15.2 Å². The third-order valence-electron chi connectivity index (χ3n) is 3.79. The van der Waals surface area contributed by atoms with Crippen LogP contribution in [0, 0.1) is 0 Å². The van der Waals surface area contributed by atoms with Crippen LogP contribution in [0.1, 0.15) is 34.9 Å². The molecule has 0 spiro atoms. The summed E-state index contributed by atoms with van der Waals surface area (Å²) in [5.74, 6) is 0.385. The van der Waals surface area contributed by atoms with E-state index < -0.39 is 10.0 Å². The Labute approximate surface area is 139 Å². The van der Waals surface area contributed by atoms with Crippen LogP contribution in [0.15, 0.2) is 47.5 Å². The molecule has 0 bridgehead atoms. The second-order valence-corrected chi connectivity index (χ2v) is 7.04. The molecule has 0 aliphatic carbocycles. The molecule has 7 nitrogen and oxygen atoms in total. The normalized spacial score (nSPS) is 17.3. The average Bonchev–Trinajstić information content (AvgIpc) is 2.77. The predicted octanol–water partition coefficient (Wildman–Crippen LogP) is 1.37. The van der Waals surface area contributed by atoms with Crippen LogP contribution in [0.25, 0.3) is 0 Å². The van der Waals surface area contributed by atoms with E-state index in [1.807, 2.05) is 24.3 Å². The summed E-state index contributed by atoms with van der Waals surface area (Å²) in [7, 11) is -3.83. The van der Waals surface area contributed by atoms with Gasteiger partial charge in [0, 0.05) is 11.8 Å². The maximum atomic E-state index is 12.4. The molecule has 1 unspecified atom stereocenters. The smallest absolute Gasteiger partial charge is 0.270 e. The van der Waals surface area contributed by atoms with Crippen molar-refractivity contribution >= 4 is 15.9 Å². The molecule has 2 heterocycles. The number of nitrogens with two attached hydrogens (primary N) is 1. The summed E-state index contributed by atoms with van der Waals surface area (Å²) in [6.07, 6.45) is 2.64. The lowest BCUT2D eigenvalue weighted by molar-refractivity contribution is 0.0929. The Hall–Kier alpha value is -2.45. The van der Waals surface area contributed by atoms with Crippen LogP contribution in [0.5, 0.6) is 5.75 Å². The zero-order chi connectivity index (χ0) is 17.2. The van der Waals surface area contributed by atoms with E-state index in [2.05, 4.69) is 10.3 Å². The minimum absolute atomic E-state index is 0.130. The van der Waals surface area contributed by atoms with E-state index in [4.69, 9.17) is 9.88 Å². The molecule has 0 fully saturated rings. The quantitative estimate of drug-likeness (QED) is 0.871. The van der Waals surface area contributed by atoms with Gasteiger partial charge < -0.3 is 10.1 Å². The molecule has 3 N–H and O–H groups in total. The summed E-state index contributed by atoms with van der Waals surface area (Å²) in [5.41, 5.74) is 1.05. The van der Waals surface area contributed by atoms with Gasteiger partial charge in [0.05, 0.1) is 12.6 Å². The molecule has 0 saturated carbocycles. The molecular formula is C16H17N3O4S. The highest BCUT2D eigenvalue weighted by molar-refractivity contribution is 7.89. The predicted molar refractivity (Wildman–Crippen MR) is 87.0 cm³/mol. The van der Waals surface area contributed by atoms with Crippen molar-refractivity contribution in [3.8, 4) is 5.75 Å². The Bertz CT molecular complexity index is 850. The van der Waals surface area contributed by atoms with Crippen molar-refractivity contribution in [3.63, 3.8) is 0 Å². The van der Waals surface area contributed by atoms with Crippen molar-refractivity contribution in [1.82, 2.24) is 10.3 Å². The SMILES string of the molecule is NS(=O)(=O)c1ccc(C(=O)NC2CCCOc3ccccc32)nc1. The van der Waals surface area contributed by atoms with Crippen LogP contribution in [-0.4, -0.2) is 25.9 Å². The van der Waals surface area contributed by atoms with Gasteiger partial charge in [0.2, 0.25) is 10.0 Å². The number of primary sulfonamides is 1. The van der Waals surface area contributed by atoms with Gasteiger partial charge in [-0.25, -0.2) is 18.5 Å². The monoisotopic (exact) mass is 347 g/mol. The lowest BCUT2D eigenvalue weighted by atomic mass is 10.0. The van der Waals surface area contributed by atoms with Crippen LogP contribution in [-0.2, 0) is 10.0 Å². The van der Waals surface area contributed by atoms with Gasteiger partial charge in [0.15, 0.2) is 0 Å². The van der Waals surface area contributed by atoms with E-state index >= 15 is 0 Å². The number of aromatic nitrogens is 1. The zero-order valence-electron chi connectivity index (χ0n) is 12.8. The van der Waals surface area contributed by atoms with E-state index in [-0.39, 0.29) is 22.5 Å². The van der Waals surface area contributed by atoms with Crippen molar-refractivity contribution in [2.24, 2.45) is 5.14 Å². The molecular weight excluding hydrogens is 330 g/mol. The summed E-state index contributed by atoms with van der Waals surface area (Å²) >= 11 is 0. The highest BCUT2D eigenvalue weighted by Gasteiger charge is 2.22. The first-order valence-corrected chi connectivity index (χ1v) is 9.01. The van der Waals surface area contributed by atoms with Crippen molar-refractivity contribution < 1.29 is 17.9 Å². The Morgan fingerprint density at radius 3 is 2.75 bits per heavy atom. The highest BCUT2D eigenvalue weighted by Crippen LogP contribution is 2.31. The number of nitrogens with zero attached hydrogens (tertiary/aromatic N) is 1. The number of hydrogen-bond acceptors (Lipinski definition) is 5. The number of sulfonamides is 1. The van der Waals surface area contributed by atoms with Crippen molar-refractivity contribution in [2.45, 2.75) is 23.8 Å². The first-order valence-electron chi connectivity index (χ1n) is 7.46. The summed E-state index contributed by atoms with van der Waals surface area (Å²) in [5, 5.41) is 7.95. The maximum Gasteiger partial charge on any atom is 0.270 e. The fourth-order valence-electron chi connectivity index (χ4n) is 2.59. The van der Waals surface area contributed by atoms with Crippen molar-refractivity contribution in [2.75, 3.05) is 6.61 Å². The number of pyridine rings is 1. The molecule has 1 aromatic carbocycles. The van der Waals surface area contributed by atoms with E-state index in [0.29, 0.717) is 6.61 Å². The molecule has 1 amide bonds. The summed E-state index contributed by atoms with van der Waals surface area (Å²) < 4.78 is 28.1. The number of para-hydroxylation sites is 1. The number of ether oxygens (including phenoxy) is 1.